The van der Waals surface area contributed by atoms with Crippen molar-refractivity contribution in [2.45, 2.75) is 91.9 Å². The zero-order valence-corrected chi connectivity index (χ0v) is 21.5. The van der Waals surface area contributed by atoms with Crippen LogP contribution in [-0.4, -0.2) is 14.2 Å². The Hall–Kier alpha value is -2.05. The van der Waals surface area contributed by atoms with Gasteiger partial charge in [0.15, 0.2) is 11.5 Å². The van der Waals surface area contributed by atoms with Crippen molar-refractivity contribution < 1.29 is 17.4 Å². The second kappa shape index (κ2) is 11.9. The Morgan fingerprint density at radius 2 is 1.52 bits per heavy atom. The minimum Gasteiger partial charge on any atom is -0.452 e. The summed E-state index contributed by atoms with van der Waals surface area (Å²) in [7, 11) is -3.74. The van der Waals surface area contributed by atoms with Gasteiger partial charge in [0.2, 0.25) is 0 Å². The molecule has 0 saturated heterocycles. The first-order chi connectivity index (χ1) is 15.9. The molecule has 5 nitrogen and oxygen atoms in total. The van der Waals surface area contributed by atoms with Gasteiger partial charge in [-0.05, 0) is 73.8 Å². The summed E-state index contributed by atoms with van der Waals surface area (Å²) in [5.41, 5.74) is 4.77. The quantitative estimate of drug-likeness (QED) is 0.299. The molecule has 0 bridgehead atoms. The van der Waals surface area contributed by atoms with Gasteiger partial charge < -0.3 is 4.74 Å². The molecule has 0 atom stereocenters. The van der Waals surface area contributed by atoms with Crippen molar-refractivity contribution in [3.05, 3.63) is 47.0 Å². The topological polar surface area (TPSA) is 55.8 Å². The number of hydrogen-bond acceptors (Lipinski definition) is 5. The largest absolute Gasteiger partial charge is 0.452 e. The van der Waals surface area contributed by atoms with Gasteiger partial charge in [-0.1, -0.05) is 65.2 Å². The minimum absolute atomic E-state index is 0.0234. The van der Waals surface area contributed by atoms with Crippen LogP contribution in [0.2, 0.25) is 0 Å². The van der Waals surface area contributed by atoms with Gasteiger partial charge in [0.05, 0.1) is 5.75 Å². The van der Waals surface area contributed by atoms with Crippen molar-refractivity contribution in [3.8, 4) is 11.5 Å². The number of aryl methyl sites for hydroxylation is 3. The molecule has 2 aromatic carbocycles. The van der Waals surface area contributed by atoms with Crippen LogP contribution in [0.3, 0.4) is 0 Å². The molecular formula is C27H39NO4S. The van der Waals surface area contributed by atoms with Crippen LogP contribution in [0.15, 0.2) is 30.3 Å². The molecule has 3 rings (SSSR count). The highest BCUT2D eigenvalue weighted by molar-refractivity contribution is 7.86. The number of para-hydroxylation sites is 1. The van der Waals surface area contributed by atoms with Gasteiger partial charge in [-0.3, -0.25) is 0 Å². The molecule has 0 aliphatic carbocycles. The van der Waals surface area contributed by atoms with Gasteiger partial charge in [0.1, 0.15) is 11.4 Å². The van der Waals surface area contributed by atoms with Gasteiger partial charge in [-0.15, -0.1) is 4.28 Å². The molecule has 1 heterocycles. The molecule has 6 heteroatoms. The summed E-state index contributed by atoms with van der Waals surface area (Å²) < 4.78 is 38.0. The number of benzene rings is 2. The Morgan fingerprint density at radius 1 is 0.848 bits per heavy atom. The summed E-state index contributed by atoms with van der Waals surface area (Å²) in [6.45, 7) is 8.36. The Kier molecular flexibility index (Phi) is 9.21. The molecule has 0 aromatic heterocycles. The molecule has 182 valence electrons. The van der Waals surface area contributed by atoms with Gasteiger partial charge in [-0.25, -0.2) is 0 Å². The van der Waals surface area contributed by atoms with Crippen LogP contribution in [0, 0.1) is 0 Å². The van der Waals surface area contributed by atoms with Crippen LogP contribution in [0.1, 0.15) is 89.3 Å². The highest BCUT2D eigenvalue weighted by Crippen LogP contribution is 2.51. The van der Waals surface area contributed by atoms with Gasteiger partial charge in [0, 0.05) is 0 Å². The van der Waals surface area contributed by atoms with E-state index in [1.165, 1.54) is 5.56 Å². The minimum atomic E-state index is -3.74. The standard InChI is InChI=1S/C27H39NO4S/c1-5-9-13-21-19-23(15-11-7-3)27-24(20-21)28(32-33(29,30)18-8-4)26-22(14-10-6-2)16-12-17-25(26)31-27/h12,16-17,19-20H,5-11,13-15,18H2,1-4H3. The van der Waals surface area contributed by atoms with Crippen molar-refractivity contribution in [3.63, 3.8) is 0 Å². The molecule has 0 unspecified atom stereocenters. The third-order valence-corrected chi connectivity index (χ3v) is 7.27. The predicted molar refractivity (Wildman–Crippen MR) is 136 cm³/mol. The van der Waals surface area contributed by atoms with E-state index in [1.54, 1.807) is 5.06 Å². The number of rotatable bonds is 13. The Balaban J connectivity index is 2.18. The van der Waals surface area contributed by atoms with Crippen LogP contribution in [-0.2, 0) is 33.7 Å². The molecule has 1 aliphatic rings. The third-order valence-electron chi connectivity index (χ3n) is 5.98. The molecule has 33 heavy (non-hydrogen) atoms. The van der Waals surface area contributed by atoms with Gasteiger partial charge >= 0.3 is 0 Å². The van der Waals surface area contributed by atoms with Crippen molar-refractivity contribution >= 4 is 21.5 Å². The van der Waals surface area contributed by atoms with E-state index in [9.17, 15) is 8.42 Å². The Labute approximate surface area is 200 Å². The monoisotopic (exact) mass is 473 g/mol. The lowest BCUT2D eigenvalue weighted by Gasteiger charge is -2.34. The first-order valence-corrected chi connectivity index (χ1v) is 14.2. The zero-order valence-electron chi connectivity index (χ0n) is 20.7. The molecule has 0 fully saturated rings. The van der Waals surface area contributed by atoms with E-state index in [-0.39, 0.29) is 5.75 Å². The van der Waals surface area contributed by atoms with Crippen LogP contribution in [0.25, 0.3) is 0 Å². The molecule has 0 N–H and O–H groups in total. The smallest absolute Gasteiger partial charge is 0.288 e. The summed E-state index contributed by atoms with van der Waals surface area (Å²) in [5, 5.41) is 1.55. The Morgan fingerprint density at radius 3 is 2.18 bits per heavy atom. The lowest BCUT2D eigenvalue weighted by atomic mass is 9.97. The van der Waals surface area contributed by atoms with E-state index in [0.29, 0.717) is 23.5 Å². The molecule has 0 saturated carbocycles. The lowest BCUT2D eigenvalue weighted by molar-refractivity contribution is 0.306. The fraction of sp³-hybridized carbons (Fsp3) is 0.556. The van der Waals surface area contributed by atoms with Gasteiger partial charge in [0.25, 0.3) is 10.1 Å². The molecule has 0 spiro atoms. The maximum Gasteiger partial charge on any atom is 0.288 e. The fourth-order valence-electron chi connectivity index (χ4n) is 4.24. The van der Waals surface area contributed by atoms with Crippen molar-refractivity contribution in [1.29, 1.82) is 0 Å². The number of nitrogens with zero attached hydrogens (tertiary/aromatic N) is 1. The third kappa shape index (κ3) is 6.30. The summed E-state index contributed by atoms with van der Waals surface area (Å²) in [6, 6.07) is 10.2. The molecule has 1 aliphatic heterocycles. The number of fused-ring (bicyclic) bond motifs is 2. The lowest BCUT2D eigenvalue weighted by Crippen LogP contribution is -2.28. The van der Waals surface area contributed by atoms with Crippen LogP contribution >= 0.6 is 0 Å². The normalized spacial score (nSPS) is 12.9. The summed E-state index contributed by atoms with van der Waals surface area (Å²) in [6.07, 6.45) is 9.55. The first-order valence-electron chi connectivity index (χ1n) is 12.6. The molecular weight excluding hydrogens is 434 g/mol. The van der Waals surface area contributed by atoms with Crippen molar-refractivity contribution in [1.82, 2.24) is 0 Å². The van der Waals surface area contributed by atoms with Crippen LogP contribution in [0.5, 0.6) is 11.5 Å². The fourth-order valence-corrected chi connectivity index (χ4v) is 5.20. The average molecular weight is 474 g/mol. The van der Waals surface area contributed by atoms with E-state index >= 15 is 0 Å². The highest BCUT2D eigenvalue weighted by atomic mass is 32.2. The maximum atomic E-state index is 12.9. The first kappa shape index (κ1) is 25.6. The number of unbranched alkanes of at least 4 members (excludes halogenated alkanes) is 3. The number of ether oxygens (including phenoxy) is 1. The number of hydrogen-bond donors (Lipinski definition) is 0. The maximum absolute atomic E-state index is 12.9. The van der Waals surface area contributed by atoms with Crippen LogP contribution in [0.4, 0.5) is 11.4 Å². The van der Waals surface area contributed by atoms with Crippen molar-refractivity contribution in [2.75, 3.05) is 10.8 Å². The second-order valence-electron chi connectivity index (χ2n) is 8.91. The predicted octanol–water partition coefficient (Wildman–Crippen LogP) is 7.63. The zero-order chi connectivity index (χ0) is 23.8. The number of anilines is 2. The van der Waals surface area contributed by atoms with E-state index in [0.717, 1.165) is 74.7 Å². The summed E-state index contributed by atoms with van der Waals surface area (Å²) >= 11 is 0. The SMILES string of the molecule is CCCCc1cc(CCCC)c2c(c1)N(OS(=O)(=O)CCC)c1c(CCCC)cccc1O2. The molecule has 2 aromatic rings. The van der Waals surface area contributed by atoms with Gasteiger partial charge in [-0.2, -0.15) is 13.5 Å². The van der Waals surface area contributed by atoms with Crippen LogP contribution < -0.4 is 9.80 Å². The van der Waals surface area contributed by atoms with E-state index in [2.05, 4.69) is 32.9 Å². The van der Waals surface area contributed by atoms with E-state index < -0.39 is 10.1 Å². The van der Waals surface area contributed by atoms with E-state index in [4.69, 9.17) is 9.02 Å². The van der Waals surface area contributed by atoms with E-state index in [1.807, 2.05) is 25.1 Å². The summed E-state index contributed by atoms with van der Waals surface area (Å²) in [5.74, 6) is 1.35. The average Bonchev–Trinajstić information content (AvgIpc) is 2.79. The molecule has 0 amide bonds. The second-order valence-corrected chi connectivity index (χ2v) is 10.6. The Bertz CT molecular complexity index is 1030. The summed E-state index contributed by atoms with van der Waals surface area (Å²) in [4.78, 5) is 0. The molecule has 0 radical (unpaired) electrons. The highest BCUT2D eigenvalue weighted by Gasteiger charge is 2.33. The van der Waals surface area contributed by atoms with Crippen molar-refractivity contribution in [2.24, 2.45) is 0 Å².